The van der Waals surface area contributed by atoms with Crippen molar-refractivity contribution in [2.45, 2.75) is 18.1 Å². The number of alkyl halides is 1. The van der Waals surface area contributed by atoms with Gasteiger partial charge in [0.1, 0.15) is 23.8 Å². The molecule has 0 unspecified atom stereocenters. The van der Waals surface area contributed by atoms with Gasteiger partial charge in [-0.05, 0) is 24.6 Å². The molecule has 1 aliphatic heterocycles. The van der Waals surface area contributed by atoms with Gasteiger partial charge in [0.15, 0.2) is 17.5 Å². The summed E-state index contributed by atoms with van der Waals surface area (Å²) in [6, 6.07) is 5.49. The second kappa shape index (κ2) is 6.73. The Morgan fingerprint density at radius 3 is 2.90 bits per heavy atom. The van der Waals surface area contributed by atoms with Gasteiger partial charge in [-0.25, -0.2) is 23.1 Å². The fraction of sp³-hybridized carbons (Fsp3) is 0.250. The molecule has 0 bridgehead atoms. The van der Waals surface area contributed by atoms with Crippen LogP contribution >= 0.6 is 11.6 Å². The zero-order valence-electron chi connectivity index (χ0n) is 15.4. The van der Waals surface area contributed by atoms with Crippen LogP contribution in [0.15, 0.2) is 41.7 Å². The van der Waals surface area contributed by atoms with Crippen molar-refractivity contribution in [3.05, 3.63) is 58.9 Å². The third-order valence-electron chi connectivity index (χ3n) is 5.45. The van der Waals surface area contributed by atoms with Gasteiger partial charge >= 0.3 is 0 Å². The molecule has 2 aromatic heterocycles. The van der Waals surface area contributed by atoms with E-state index < -0.39 is 29.8 Å². The molecule has 3 aromatic rings. The molecule has 0 saturated heterocycles. The Hall–Kier alpha value is -3.07. The number of rotatable bonds is 4. The van der Waals surface area contributed by atoms with Gasteiger partial charge in [0.05, 0.1) is 5.02 Å². The number of nitrogens with one attached hydrogen (secondary N) is 1. The van der Waals surface area contributed by atoms with E-state index in [0.29, 0.717) is 28.2 Å². The van der Waals surface area contributed by atoms with Crippen LogP contribution in [0.2, 0.25) is 5.02 Å². The summed E-state index contributed by atoms with van der Waals surface area (Å²) >= 11 is 5.97. The average Bonchev–Trinajstić information content (AvgIpc) is 3.49. The molecule has 30 heavy (non-hydrogen) atoms. The maximum absolute atomic E-state index is 14.8. The van der Waals surface area contributed by atoms with Crippen molar-refractivity contribution in [3.8, 4) is 0 Å². The normalized spacial score (nSPS) is 24.7. The predicted octanol–water partition coefficient (Wildman–Crippen LogP) is 4.20. The lowest BCUT2D eigenvalue weighted by Crippen LogP contribution is -2.40. The maximum Gasteiger partial charge on any atom is 0.283 e. The molecule has 5 rings (SSSR count). The highest BCUT2D eigenvalue weighted by atomic mass is 35.5. The van der Waals surface area contributed by atoms with Crippen LogP contribution < -0.4 is 11.1 Å². The Morgan fingerprint density at radius 2 is 2.10 bits per heavy atom. The summed E-state index contributed by atoms with van der Waals surface area (Å²) in [7, 11) is 0. The molecular formula is C20H15ClF3N5O. The van der Waals surface area contributed by atoms with E-state index in [0.717, 1.165) is 6.07 Å². The lowest BCUT2D eigenvalue weighted by atomic mass is 9.85. The molecule has 3 heterocycles. The summed E-state index contributed by atoms with van der Waals surface area (Å²) in [5, 5.41) is 4.10. The van der Waals surface area contributed by atoms with Crippen molar-refractivity contribution < 1.29 is 17.9 Å². The van der Waals surface area contributed by atoms with Gasteiger partial charge in [0.25, 0.3) is 6.02 Å². The Kier molecular flexibility index (Phi) is 4.25. The highest BCUT2D eigenvalue weighted by Crippen LogP contribution is 2.54. The molecule has 3 atom stereocenters. The van der Waals surface area contributed by atoms with Gasteiger partial charge in [-0.2, -0.15) is 0 Å². The van der Waals surface area contributed by atoms with Crippen molar-refractivity contribution in [1.29, 1.82) is 0 Å². The van der Waals surface area contributed by atoms with Crippen molar-refractivity contribution in [3.63, 3.8) is 0 Å². The smallest absolute Gasteiger partial charge is 0.283 e. The first-order valence-electron chi connectivity index (χ1n) is 9.16. The number of pyridine rings is 2. The summed E-state index contributed by atoms with van der Waals surface area (Å²) in [5.41, 5.74) is 4.48. The Balaban J connectivity index is 1.61. The molecule has 1 saturated carbocycles. The number of hydrogen-bond acceptors (Lipinski definition) is 6. The molecule has 154 valence electrons. The molecule has 0 radical (unpaired) electrons. The zero-order chi connectivity index (χ0) is 21.0. The van der Waals surface area contributed by atoms with Crippen LogP contribution in [0, 0.1) is 17.6 Å². The van der Waals surface area contributed by atoms with E-state index in [1.165, 1.54) is 18.5 Å². The van der Waals surface area contributed by atoms with Gasteiger partial charge in [0.2, 0.25) is 0 Å². The van der Waals surface area contributed by atoms with Crippen LogP contribution in [0.5, 0.6) is 0 Å². The molecule has 2 aliphatic rings. The number of ether oxygens (including phenoxy) is 1. The van der Waals surface area contributed by atoms with Gasteiger partial charge in [-0.1, -0.05) is 11.6 Å². The summed E-state index contributed by atoms with van der Waals surface area (Å²) in [6.45, 7) is -1.04. The Bertz CT molecular complexity index is 1210. The molecular weight excluding hydrogens is 419 g/mol. The van der Waals surface area contributed by atoms with E-state index in [2.05, 4.69) is 20.3 Å². The van der Waals surface area contributed by atoms with Crippen LogP contribution in [0.3, 0.4) is 0 Å². The quantitative estimate of drug-likeness (QED) is 0.644. The lowest BCUT2D eigenvalue weighted by Gasteiger charge is -2.31. The largest absolute Gasteiger partial charge is 0.462 e. The molecule has 1 aromatic carbocycles. The molecule has 0 spiro atoms. The molecule has 6 nitrogen and oxygen atoms in total. The number of anilines is 2. The summed E-state index contributed by atoms with van der Waals surface area (Å²) in [5.74, 6) is -2.41. The van der Waals surface area contributed by atoms with Crippen molar-refractivity contribution in [2.24, 2.45) is 16.6 Å². The van der Waals surface area contributed by atoms with Crippen molar-refractivity contribution >= 4 is 40.0 Å². The number of nitrogens with two attached hydrogens (primary N) is 1. The predicted molar refractivity (Wildman–Crippen MR) is 106 cm³/mol. The first kappa shape index (κ1) is 18.9. The van der Waals surface area contributed by atoms with Crippen molar-refractivity contribution in [1.82, 2.24) is 9.97 Å². The van der Waals surface area contributed by atoms with Crippen LogP contribution in [-0.4, -0.2) is 28.8 Å². The van der Waals surface area contributed by atoms with Crippen LogP contribution in [0.1, 0.15) is 12.0 Å². The Morgan fingerprint density at radius 1 is 1.27 bits per heavy atom. The first-order valence-corrected chi connectivity index (χ1v) is 9.54. The Labute approximate surface area is 173 Å². The maximum atomic E-state index is 14.8. The molecule has 0 amide bonds. The SMILES string of the molecule is NC1=N[C@@](CF)(c2cc(Nc3nccc4cc(Cl)cnc34)cc(F)c2F)[C@@H]2C[C@@H]2O1. The second-order valence-electron chi connectivity index (χ2n) is 7.34. The molecule has 1 aliphatic carbocycles. The van der Waals surface area contributed by atoms with Crippen LogP contribution in [-0.2, 0) is 10.3 Å². The average molecular weight is 434 g/mol. The number of halogens is 4. The lowest BCUT2D eigenvalue weighted by molar-refractivity contribution is 0.167. The van der Waals surface area contributed by atoms with Crippen LogP contribution in [0.4, 0.5) is 24.7 Å². The summed E-state index contributed by atoms with van der Waals surface area (Å²) in [4.78, 5) is 12.5. The summed E-state index contributed by atoms with van der Waals surface area (Å²) < 4.78 is 48.8. The van der Waals surface area contributed by atoms with E-state index in [-0.39, 0.29) is 23.4 Å². The van der Waals surface area contributed by atoms with E-state index >= 15 is 0 Å². The van der Waals surface area contributed by atoms with Gasteiger partial charge in [0, 0.05) is 41.0 Å². The number of benzene rings is 1. The van der Waals surface area contributed by atoms with Gasteiger partial charge in [-0.15, -0.1) is 0 Å². The molecule has 3 N–H and O–H groups in total. The minimum atomic E-state index is -1.63. The topological polar surface area (TPSA) is 85.4 Å². The molecule has 1 fully saturated rings. The number of hydrogen-bond donors (Lipinski definition) is 2. The monoisotopic (exact) mass is 433 g/mol. The zero-order valence-corrected chi connectivity index (χ0v) is 16.1. The highest BCUT2D eigenvalue weighted by Gasteiger charge is 2.60. The van der Waals surface area contributed by atoms with Gasteiger partial charge in [-0.3, -0.25) is 4.98 Å². The third kappa shape index (κ3) is 2.92. The number of aliphatic imine (C=N–C) groups is 1. The van der Waals surface area contributed by atoms with E-state index in [9.17, 15) is 13.2 Å². The fourth-order valence-electron chi connectivity index (χ4n) is 3.96. The summed E-state index contributed by atoms with van der Waals surface area (Å²) in [6.07, 6.45) is 3.09. The van der Waals surface area contributed by atoms with Gasteiger partial charge < -0.3 is 15.8 Å². The number of nitrogens with zero attached hydrogens (tertiary/aromatic N) is 3. The first-order chi connectivity index (χ1) is 14.4. The number of fused-ring (bicyclic) bond motifs is 2. The third-order valence-corrected chi connectivity index (χ3v) is 5.66. The number of amidine groups is 1. The fourth-order valence-corrected chi connectivity index (χ4v) is 4.13. The minimum absolute atomic E-state index is 0.172. The highest BCUT2D eigenvalue weighted by molar-refractivity contribution is 6.31. The van der Waals surface area contributed by atoms with E-state index in [4.69, 9.17) is 22.1 Å². The second-order valence-corrected chi connectivity index (χ2v) is 7.77. The van der Waals surface area contributed by atoms with Crippen molar-refractivity contribution in [2.75, 3.05) is 12.0 Å². The molecule has 10 heteroatoms. The van der Waals surface area contributed by atoms with Crippen LogP contribution in [0.25, 0.3) is 10.9 Å². The van der Waals surface area contributed by atoms with E-state index in [1.54, 1.807) is 12.1 Å². The number of aromatic nitrogens is 2. The van der Waals surface area contributed by atoms with E-state index in [1.807, 2.05) is 0 Å². The standard InChI is InChI=1S/C20H15ClF3N5O/c21-10-3-9-1-2-26-18(17(9)27-7-10)28-11-4-13(16(24)14(23)5-11)20(8-22)12-6-15(12)30-19(25)29-20/h1-5,7,12,15H,6,8H2,(H2,25,29)(H,26,28)/t12-,15+,20-/m1/s1. The minimum Gasteiger partial charge on any atom is -0.462 e.